The lowest BCUT2D eigenvalue weighted by atomic mass is 9.99. The molecule has 2 aliphatic rings. The summed E-state index contributed by atoms with van der Waals surface area (Å²) >= 11 is 6.20. The summed E-state index contributed by atoms with van der Waals surface area (Å²) in [7, 11) is -1.10. The molecule has 0 N–H and O–H groups in total. The summed E-state index contributed by atoms with van der Waals surface area (Å²) in [6, 6.07) is 5.75. The molecule has 0 aliphatic carbocycles. The van der Waals surface area contributed by atoms with E-state index in [4.69, 9.17) is 11.6 Å². The summed E-state index contributed by atoms with van der Waals surface area (Å²) in [4.78, 5) is 16.2. The smallest absolute Gasteiger partial charge is 0.237 e. The summed E-state index contributed by atoms with van der Waals surface area (Å²) in [5, 5.41) is 0.767. The highest BCUT2D eigenvalue weighted by molar-refractivity contribution is 7.91. The quantitative estimate of drug-likeness (QED) is 0.820. The van der Waals surface area contributed by atoms with Gasteiger partial charge in [-0.25, -0.2) is 8.42 Å². The van der Waals surface area contributed by atoms with E-state index in [0.717, 1.165) is 22.6 Å². The van der Waals surface area contributed by atoms with Crippen LogP contribution in [0.25, 0.3) is 0 Å². The number of rotatable bonds is 3. The Morgan fingerprint density at radius 1 is 1.43 bits per heavy atom. The predicted octanol–water partition coefficient (Wildman–Crippen LogP) is 1.34. The molecule has 2 heterocycles. The molecule has 1 saturated heterocycles. The van der Waals surface area contributed by atoms with Crippen molar-refractivity contribution in [2.75, 3.05) is 31.6 Å². The van der Waals surface area contributed by atoms with Crippen LogP contribution in [0.4, 0.5) is 0 Å². The summed E-state index contributed by atoms with van der Waals surface area (Å²) in [5.41, 5.74) is 2.23. The lowest BCUT2D eigenvalue weighted by Gasteiger charge is -2.32. The Bertz CT molecular complexity index is 720. The Morgan fingerprint density at radius 3 is 2.91 bits per heavy atom. The topological polar surface area (TPSA) is 57.7 Å². The molecule has 0 spiro atoms. The largest absolute Gasteiger partial charge is 0.337 e. The zero-order valence-electron chi connectivity index (χ0n) is 13.2. The normalized spacial score (nSPS) is 23.1. The van der Waals surface area contributed by atoms with E-state index in [2.05, 4.69) is 0 Å². The fraction of sp³-hybridized carbons (Fsp3) is 0.562. The minimum absolute atomic E-state index is 0.0439. The van der Waals surface area contributed by atoms with E-state index in [1.807, 2.05) is 35.0 Å². The molecule has 1 fully saturated rings. The van der Waals surface area contributed by atoms with Crippen molar-refractivity contribution in [3.63, 3.8) is 0 Å². The molecule has 126 valence electrons. The first-order valence-electron chi connectivity index (χ1n) is 7.80. The fourth-order valence-electron chi connectivity index (χ4n) is 3.34. The van der Waals surface area contributed by atoms with Gasteiger partial charge >= 0.3 is 0 Å². The molecule has 0 saturated carbocycles. The second kappa shape index (κ2) is 6.42. The Hall–Kier alpha value is -1.11. The fourth-order valence-corrected chi connectivity index (χ4v) is 5.44. The molecule has 1 unspecified atom stereocenters. The monoisotopic (exact) mass is 356 g/mol. The summed E-state index contributed by atoms with van der Waals surface area (Å²) in [6.45, 7) is 1.49. The first-order valence-corrected chi connectivity index (χ1v) is 10.0. The average Bonchev–Trinajstić information content (AvgIpc) is 2.87. The van der Waals surface area contributed by atoms with Crippen LogP contribution in [0.3, 0.4) is 0 Å². The van der Waals surface area contributed by atoms with E-state index in [1.165, 1.54) is 0 Å². The molecule has 2 aliphatic heterocycles. The number of amides is 1. The summed E-state index contributed by atoms with van der Waals surface area (Å²) < 4.78 is 23.1. The van der Waals surface area contributed by atoms with Crippen LogP contribution in [-0.2, 0) is 27.6 Å². The van der Waals surface area contributed by atoms with Crippen LogP contribution in [0.5, 0.6) is 0 Å². The highest BCUT2D eigenvalue weighted by atomic mass is 35.5. The number of sulfone groups is 1. The number of hydrogen-bond acceptors (Lipinski definition) is 4. The van der Waals surface area contributed by atoms with E-state index in [9.17, 15) is 13.2 Å². The molecular weight excluding hydrogens is 336 g/mol. The number of carbonyl (C=O) groups is 1. The Labute approximate surface area is 142 Å². The number of benzene rings is 1. The van der Waals surface area contributed by atoms with E-state index in [1.54, 1.807) is 0 Å². The van der Waals surface area contributed by atoms with E-state index in [-0.39, 0.29) is 30.0 Å². The molecule has 3 rings (SSSR count). The van der Waals surface area contributed by atoms with Crippen LogP contribution < -0.4 is 0 Å². The molecule has 0 aromatic heterocycles. The lowest BCUT2D eigenvalue weighted by molar-refractivity contribution is -0.133. The van der Waals surface area contributed by atoms with Crippen molar-refractivity contribution < 1.29 is 13.2 Å². The molecule has 0 bridgehead atoms. The highest BCUT2D eigenvalue weighted by Crippen LogP contribution is 2.26. The van der Waals surface area contributed by atoms with Crippen LogP contribution in [0.15, 0.2) is 18.2 Å². The van der Waals surface area contributed by atoms with Gasteiger partial charge in [-0.2, -0.15) is 0 Å². The first kappa shape index (κ1) is 16.7. The van der Waals surface area contributed by atoms with Crippen molar-refractivity contribution in [2.45, 2.75) is 25.4 Å². The number of hydrogen-bond donors (Lipinski definition) is 0. The van der Waals surface area contributed by atoms with Gasteiger partial charge in [-0.3, -0.25) is 9.69 Å². The maximum Gasteiger partial charge on any atom is 0.237 e. The van der Waals surface area contributed by atoms with E-state index >= 15 is 0 Å². The first-order chi connectivity index (χ1) is 10.9. The molecule has 5 nitrogen and oxygen atoms in total. The number of nitrogens with zero attached hydrogens (tertiary/aromatic N) is 2. The van der Waals surface area contributed by atoms with Gasteiger partial charge in [-0.1, -0.05) is 23.7 Å². The van der Waals surface area contributed by atoms with E-state index < -0.39 is 9.84 Å². The number of carbonyl (C=O) groups excluding carboxylic acids is 1. The zero-order chi connectivity index (χ0) is 16.6. The molecule has 1 aromatic carbocycles. The van der Waals surface area contributed by atoms with Gasteiger partial charge in [-0.15, -0.1) is 0 Å². The third-order valence-electron chi connectivity index (χ3n) is 4.78. The molecule has 1 aromatic rings. The summed E-state index contributed by atoms with van der Waals surface area (Å²) in [5.74, 6) is 0.434. The van der Waals surface area contributed by atoms with Crippen LogP contribution in [0.2, 0.25) is 5.02 Å². The SMILES string of the molecule is CN(CC(=O)N1CCc2c(Cl)cccc2C1)C1CCS(=O)(=O)C1. The molecule has 23 heavy (non-hydrogen) atoms. The Kier molecular flexibility index (Phi) is 4.67. The van der Waals surface area contributed by atoms with Crippen LogP contribution in [0, 0.1) is 0 Å². The standard InChI is InChI=1S/C16H21ClN2O3S/c1-18(13-6-8-23(21,22)11-13)10-16(20)19-7-5-14-12(9-19)3-2-4-15(14)17/h2-4,13H,5-11H2,1H3. The predicted molar refractivity (Wildman–Crippen MR) is 90.3 cm³/mol. The van der Waals surface area contributed by atoms with Crippen molar-refractivity contribution in [1.29, 1.82) is 0 Å². The van der Waals surface area contributed by atoms with E-state index in [0.29, 0.717) is 19.5 Å². The maximum atomic E-state index is 12.5. The van der Waals surface area contributed by atoms with Gasteiger partial charge in [0.25, 0.3) is 0 Å². The van der Waals surface area contributed by atoms with Crippen molar-refractivity contribution in [1.82, 2.24) is 9.80 Å². The minimum atomic E-state index is -2.93. The van der Waals surface area contributed by atoms with Gasteiger partial charge in [0.15, 0.2) is 9.84 Å². The lowest BCUT2D eigenvalue weighted by Crippen LogP contribution is -2.44. The van der Waals surface area contributed by atoms with Crippen LogP contribution in [0.1, 0.15) is 17.5 Å². The number of fused-ring (bicyclic) bond motifs is 1. The number of likely N-dealkylation sites (N-methyl/N-ethyl adjacent to an activating group) is 1. The third kappa shape index (κ3) is 3.70. The minimum Gasteiger partial charge on any atom is -0.337 e. The van der Waals surface area contributed by atoms with Crippen molar-refractivity contribution >= 4 is 27.3 Å². The maximum absolute atomic E-state index is 12.5. The summed E-state index contributed by atoms with van der Waals surface area (Å²) in [6.07, 6.45) is 1.38. The molecule has 7 heteroatoms. The molecular formula is C16H21ClN2O3S. The van der Waals surface area contributed by atoms with Gasteiger partial charge in [0, 0.05) is 24.2 Å². The highest BCUT2D eigenvalue weighted by Gasteiger charge is 2.32. The molecule has 1 amide bonds. The van der Waals surface area contributed by atoms with Crippen LogP contribution in [-0.4, -0.2) is 61.8 Å². The Morgan fingerprint density at radius 2 is 2.22 bits per heavy atom. The van der Waals surface area contributed by atoms with Crippen molar-refractivity contribution in [3.05, 3.63) is 34.3 Å². The van der Waals surface area contributed by atoms with Crippen molar-refractivity contribution in [3.8, 4) is 0 Å². The van der Waals surface area contributed by atoms with Crippen LogP contribution >= 0.6 is 11.6 Å². The van der Waals surface area contributed by atoms with Crippen molar-refractivity contribution in [2.24, 2.45) is 0 Å². The molecule has 0 radical (unpaired) electrons. The van der Waals surface area contributed by atoms with Gasteiger partial charge in [0.1, 0.15) is 0 Å². The molecule has 1 atom stereocenters. The van der Waals surface area contributed by atoms with Gasteiger partial charge in [-0.05, 0) is 37.1 Å². The average molecular weight is 357 g/mol. The van der Waals surface area contributed by atoms with Gasteiger partial charge in [0.05, 0.1) is 18.1 Å². The zero-order valence-corrected chi connectivity index (χ0v) is 14.7. The van der Waals surface area contributed by atoms with Gasteiger partial charge in [0.2, 0.25) is 5.91 Å². The number of halogens is 1. The van der Waals surface area contributed by atoms with Gasteiger partial charge < -0.3 is 4.90 Å². The third-order valence-corrected chi connectivity index (χ3v) is 6.88. The second-order valence-corrected chi connectivity index (χ2v) is 9.05. The Balaban J connectivity index is 1.61. The second-order valence-electron chi connectivity index (χ2n) is 6.41.